The Labute approximate surface area is 120 Å². The van der Waals surface area contributed by atoms with E-state index in [1.54, 1.807) is 6.07 Å². The highest BCUT2D eigenvalue weighted by molar-refractivity contribution is 9.10. The fraction of sp³-hybridized carbons (Fsp3) is 0.538. The molecule has 2 rings (SSSR count). The summed E-state index contributed by atoms with van der Waals surface area (Å²) in [5, 5.41) is 14.1. The maximum Gasteiger partial charge on any atom is 0.274 e. The molecule has 5 nitrogen and oxygen atoms in total. The minimum absolute atomic E-state index is 0.0451. The first kappa shape index (κ1) is 14.3. The number of nitrogens with one attached hydrogen (secondary N) is 1. The van der Waals surface area contributed by atoms with E-state index in [1.807, 2.05) is 0 Å². The van der Waals surface area contributed by atoms with Crippen LogP contribution in [-0.4, -0.2) is 24.6 Å². The second-order valence-corrected chi connectivity index (χ2v) is 5.67. The van der Waals surface area contributed by atoms with Gasteiger partial charge in [0.25, 0.3) is 5.69 Å². The van der Waals surface area contributed by atoms with E-state index in [0.29, 0.717) is 22.7 Å². The number of non-ortho nitro benzene ring substituents is 1. The van der Waals surface area contributed by atoms with Gasteiger partial charge >= 0.3 is 0 Å². The van der Waals surface area contributed by atoms with E-state index in [-0.39, 0.29) is 5.69 Å². The molecule has 0 aliphatic carbocycles. The summed E-state index contributed by atoms with van der Waals surface area (Å²) in [6, 6.07) is 4.69. The van der Waals surface area contributed by atoms with Gasteiger partial charge in [-0.3, -0.25) is 10.1 Å². The molecule has 0 aromatic heterocycles. The van der Waals surface area contributed by atoms with Crippen LogP contribution in [0.1, 0.15) is 19.3 Å². The first-order valence-electron chi connectivity index (χ1n) is 6.43. The van der Waals surface area contributed by atoms with E-state index in [4.69, 9.17) is 4.74 Å². The molecule has 19 heavy (non-hydrogen) atoms. The van der Waals surface area contributed by atoms with Crippen molar-refractivity contribution in [3.63, 3.8) is 0 Å². The second-order valence-electron chi connectivity index (χ2n) is 4.75. The Balaban J connectivity index is 1.86. The molecule has 0 amide bonds. The van der Waals surface area contributed by atoms with Gasteiger partial charge < -0.3 is 10.1 Å². The van der Waals surface area contributed by atoms with Gasteiger partial charge in [-0.15, -0.1) is 0 Å². The SMILES string of the molecule is O=[N+]([O-])c1cc(Br)cc(OCCC2CCCNC2)c1. The lowest BCUT2D eigenvalue weighted by Crippen LogP contribution is -2.30. The Kier molecular flexibility index (Phi) is 5.15. The number of nitro benzene ring substituents is 1. The Morgan fingerprint density at radius 3 is 3.00 bits per heavy atom. The van der Waals surface area contributed by atoms with Gasteiger partial charge in [0.05, 0.1) is 17.6 Å². The van der Waals surface area contributed by atoms with Gasteiger partial charge in [-0.25, -0.2) is 0 Å². The molecule has 104 valence electrons. The Morgan fingerprint density at radius 1 is 1.47 bits per heavy atom. The molecule has 1 heterocycles. The summed E-state index contributed by atoms with van der Waals surface area (Å²) >= 11 is 3.26. The molecule has 1 aliphatic rings. The van der Waals surface area contributed by atoms with Crippen LogP contribution in [0.15, 0.2) is 22.7 Å². The summed E-state index contributed by atoms with van der Waals surface area (Å²) in [7, 11) is 0. The van der Waals surface area contributed by atoms with E-state index >= 15 is 0 Å². The molecule has 1 atom stereocenters. The molecule has 0 bridgehead atoms. The van der Waals surface area contributed by atoms with Crippen molar-refractivity contribution in [2.75, 3.05) is 19.7 Å². The van der Waals surface area contributed by atoms with E-state index in [1.165, 1.54) is 25.0 Å². The lowest BCUT2D eigenvalue weighted by atomic mass is 9.97. The number of nitro groups is 1. The van der Waals surface area contributed by atoms with Crippen LogP contribution in [0, 0.1) is 16.0 Å². The number of rotatable bonds is 5. The summed E-state index contributed by atoms with van der Waals surface area (Å²) < 4.78 is 6.28. The molecule has 1 N–H and O–H groups in total. The van der Waals surface area contributed by atoms with Crippen molar-refractivity contribution < 1.29 is 9.66 Å². The van der Waals surface area contributed by atoms with Gasteiger partial charge in [0.1, 0.15) is 5.75 Å². The van der Waals surface area contributed by atoms with Crippen LogP contribution >= 0.6 is 15.9 Å². The maximum atomic E-state index is 10.7. The number of ether oxygens (including phenoxy) is 1. The number of piperidine rings is 1. The monoisotopic (exact) mass is 328 g/mol. The number of hydrogen-bond acceptors (Lipinski definition) is 4. The zero-order valence-electron chi connectivity index (χ0n) is 10.6. The largest absolute Gasteiger partial charge is 0.493 e. The number of benzene rings is 1. The number of hydrogen-bond donors (Lipinski definition) is 1. The molecule has 1 unspecified atom stereocenters. The standard InChI is InChI=1S/C13H17BrN2O3/c14-11-6-12(16(17)18)8-13(7-11)19-5-3-10-2-1-4-15-9-10/h6-8,10,15H,1-5,9H2. The van der Waals surface area contributed by atoms with Gasteiger partial charge in [0.2, 0.25) is 0 Å². The van der Waals surface area contributed by atoms with E-state index < -0.39 is 4.92 Å². The summed E-state index contributed by atoms with van der Waals surface area (Å²) in [4.78, 5) is 10.3. The van der Waals surface area contributed by atoms with Crippen molar-refractivity contribution >= 4 is 21.6 Å². The minimum atomic E-state index is -0.414. The molecule has 6 heteroatoms. The molecule has 0 radical (unpaired) electrons. The van der Waals surface area contributed by atoms with E-state index in [2.05, 4.69) is 21.2 Å². The van der Waals surface area contributed by atoms with Crippen LogP contribution in [-0.2, 0) is 0 Å². The normalized spacial score (nSPS) is 19.1. The van der Waals surface area contributed by atoms with Crippen molar-refractivity contribution in [1.29, 1.82) is 0 Å². The Morgan fingerprint density at radius 2 is 2.32 bits per heavy atom. The van der Waals surface area contributed by atoms with Gasteiger partial charge in [-0.2, -0.15) is 0 Å². The summed E-state index contributed by atoms with van der Waals surface area (Å²) in [6.07, 6.45) is 3.43. The second kappa shape index (κ2) is 6.86. The fourth-order valence-electron chi connectivity index (χ4n) is 2.25. The van der Waals surface area contributed by atoms with E-state index in [0.717, 1.165) is 19.5 Å². The Hall–Kier alpha value is -1.14. The zero-order valence-corrected chi connectivity index (χ0v) is 12.2. The third-order valence-electron chi connectivity index (χ3n) is 3.26. The molecular formula is C13H17BrN2O3. The summed E-state index contributed by atoms with van der Waals surface area (Å²) in [5.74, 6) is 1.20. The molecule has 1 fully saturated rings. The molecule has 0 spiro atoms. The predicted molar refractivity (Wildman–Crippen MR) is 76.5 cm³/mol. The molecule has 1 aliphatic heterocycles. The first-order valence-corrected chi connectivity index (χ1v) is 7.23. The van der Waals surface area contributed by atoms with Crippen molar-refractivity contribution in [2.24, 2.45) is 5.92 Å². The van der Waals surface area contributed by atoms with Crippen LogP contribution < -0.4 is 10.1 Å². The molecule has 1 aromatic rings. The van der Waals surface area contributed by atoms with Crippen molar-refractivity contribution in [1.82, 2.24) is 5.32 Å². The summed E-state index contributed by atoms with van der Waals surface area (Å²) in [5.41, 5.74) is 0.0451. The Bertz CT molecular complexity index is 448. The van der Waals surface area contributed by atoms with Gasteiger partial charge in [0, 0.05) is 10.5 Å². The third-order valence-corrected chi connectivity index (χ3v) is 3.72. The zero-order chi connectivity index (χ0) is 13.7. The van der Waals surface area contributed by atoms with Crippen LogP contribution in [0.3, 0.4) is 0 Å². The smallest absolute Gasteiger partial charge is 0.274 e. The number of nitrogens with zero attached hydrogens (tertiary/aromatic N) is 1. The highest BCUT2D eigenvalue weighted by Gasteiger charge is 2.13. The third kappa shape index (κ3) is 4.47. The topological polar surface area (TPSA) is 64.4 Å². The maximum absolute atomic E-state index is 10.7. The molecular weight excluding hydrogens is 312 g/mol. The van der Waals surface area contributed by atoms with Gasteiger partial charge in [-0.1, -0.05) is 15.9 Å². The summed E-state index contributed by atoms with van der Waals surface area (Å²) in [6.45, 7) is 2.75. The predicted octanol–water partition coefficient (Wildman–Crippen LogP) is 3.13. The van der Waals surface area contributed by atoms with Crippen molar-refractivity contribution in [2.45, 2.75) is 19.3 Å². The quantitative estimate of drug-likeness (QED) is 0.666. The molecule has 1 saturated heterocycles. The van der Waals surface area contributed by atoms with Crippen molar-refractivity contribution in [3.05, 3.63) is 32.8 Å². The molecule has 1 aromatic carbocycles. The van der Waals surface area contributed by atoms with Gasteiger partial charge in [-0.05, 0) is 44.3 Å². The highest BCUT2D eigenvalue weighted by atomic mass is 79.9. The van der Waals surface area contributed by atoms with Crippen LogP contribution in [0.4, 0.5) is 5.69 Å². The van der Waals surface area contributed by atoms with Crippen LogP contribution in [0.25, 0.3) is 0 Å². The first-order chi connectivity index (χ1) is 9.15. The average molecular weight is 329 g/mol. The average Bonchev–Trinajstić information content (AvgIpc) is 2.39. The van der Waals surface area contributed by atoms with Gasteiger partial charge in [0.15, 0.2) is 0 Å². The minimum Gasteiger partial charge on any atom is -0.493 e. The lowest BCUT2D eigenvalue weighted by molar-refractivity contribution is -0.385. The van der Waals surface area contributed by atoms with Crippen molar-refractivity contribution in [3.8, 4) is 5.75 Å². The fourth-order valence-corrected chi connectivity index (χ4v) is 2.71. The van der Waals surface area contributed by atoms with Crippen LogP contribution in [0.5, 0.6) is 5.75 Å². The number of halogens is 1. The van der Waals surface area contributed by atoms with Crippen LogP contribution in [0.2, 0.25) is 0 Å². The molecule has 0 saturated carbocycles. The van der Waals surface area contributed by atoms with E-state index in [9.17, 15) is 10.1 Å². The highest BCUT2D eigenvalue weighted by Crippen LogP contribution is 2.26. The lowest BCUT2D eigenvalue weighted by Gasteiger charge is -2.22.